The van der Waals surface area contributed by atoms with Crippen molar-refractivity contribution in [3.05, 3.63) is 37.5 Å². The van der Waals surface area contributed by atoms with Crippen molar-refractivity contribution in [3.8, 4) is 0 Å². The SMILES string of the molecule is C1CC1.C=CC.C=CCC1CC(=O)CC1=O.O=C1C=CC(=O)O1. The van der Waals surface area contributed by atoms with Crippen LogP contribution in [0.4, 0.5) is 0 Å². The fourth-order valence-corrected chi connectivity index (χ4v) is 1.52. The monoisotopic (exact) mass is 320 g/mol. The second-order valence-electron chi connectivity index (χ2n) is 5.15. The van der Waals surface area contributed by atoms with E-state index in [4.69, 9.17) is 0 Å². The summed E-state index contributed by atoms with van der Waals surface area (Å²) in [5.74, 6) is -1.04. The molecular formula is C18H24O5. The number of allylic oxidation sites excluding steroid dienone is 2. The second-order valence-corrected chi connectivity index (χ2v) is 5.15. The Morgan fingerprint density at radius 3 is 1.78 bits per heavy atom. The van der Waals surface area contributed by atoms with Crippen LogP contribution in [-0.2, 0) is 23.9 Å². The quantitative estimate of drug-likeness (QED) is 0.444. The number of hydrogen-bond donors (Lipinski definition) is 0. The van der Waals surface area contributed by atoms with Crippen molar-refractivity contribution in [3.63, 3.8) is 0 Å². The van der Waals surface area contributed by atoms with Crippen LogP contribution in [0.25, 0.3) is 0 Å². The Morgan fingerprint density at radius 1 is 1.09 bits per heavy atom. The lowest BCUT2D eigenvalue weighted by molar-refractivity contribution is -0.150. The molecule has 0 aromatic rings. The van der Waals surface area contributed by atoms with E-state index in [-0.39, 0.29) is 23.9 Å². The number of esters is 2. The van der Waals surface area contributed by atoms with E-state index in [0.29, 0.717) is 12.8 Å². The Bertz CT molecular complexity index is 467. The second kappa shape index (κ2) is 12.3. The number of Topliss-reactive ketones (excluding diaryl/α,β-unsaturated/α-hetero) is 2. The topological polar surface area (TPSA) is 77.5 Å². The summed E-state index contributed by atoms with van der Waals surface area (Å²) in [6.45, 7) is 8.77. The van der Waals surface area contributed by atoms with Crippen molar-refractivity contribution < 1.29 is 23.9 Å². The van der Waals surface area contributed by atoms with Gasteiger partial charge in [0.05, 0.1) is 6.42 Å². The van der Waals surface area contributed by atoms with Crippen LogP contribution in [0.2, 0.25) is 0 Å². The molecule has 23 heavy (non-hydrogen) atoms. The molecule has 1 aliphatic heterocycles. The van der Waals surface area contributed by atoms with E-state index >= 15 is 0 Å². The smallest absolute Gasteiger partial charge is 0.338 e. The van der Waals surface area contributed by atoms with Crippen molar-refractivity contribution in [1.82, 2.24) is 0 Å². The minimum absolute atomic E-state index is 0.0509. The van der Waals surface area contributed by atoms with Crippen LogP contribution in [0.5, 0.6) is 0 Å². The van der Waals surface area contributed by atoms with Gasteiger partial charge in [-0.15, -0.1) is 13.2 Å². The third-order valence-electron chi connectivity index (χ3n) is 2.66. The van der Waals surface area contributed by atoms with Crippen molar-refractivity contribution in [2.45, 2.75) is 45.4 Å². The maximum Gasteiger partial charge on any atom is 0.338 e. The first-order chi connectivity index (χ1) is 10.9. The molecule has 0 N–H and O–H groups in total. The number of carbonyl (C=O) groups excluding carboxylic acids is 4. The van der Waals surface area contributed by atoms with Gasteiger partial charge in [-0.3, -0.25) is 9.59 Å². The largest absolute Gasteiger partial charge is 0.387 e. The highest BCUT2D eigenvalue weighted by molar-refractivity contribution is 6.07. The number of hydrogen-bond acceptors (Lipinski definition) is 5. The molecule has 5 heteroatoms. The zero-order valence-electron chi connectivity index (χ0n) is 13.6. The summed E-state index contributed by atoms with van der Waals surface area (Å²) in [6.07, 6.45) is 11.4. The summed E-state index contributed by atoms with van der Waals surface area (Å²) in [5.41, 5.74) is 0. The summed E-state index contributed by atoms with van der Waals surface area (Å²) >= 11 is 0. The van der Waals surface area contributed by atoms with Crippen molar-refractivity contribution in [2.75, 3.05) is 0 Å². The molecule has 0 spiro atoms. The van der Waals surface area contributed by atoms with Crippen molar-refractivity contribution in [1.29, 1.82) is 0 Å². The molecular weight excluding hydrogens is 296 g/mol. The maximum absolute atomic E-state index is 10.9. The summed E-state index contributed by atoms with van der Waals surface area (Å²) < 4.78 is 3.97. The van der Waals surface area contributed by atoms with E-state index in [9.17, 15) is 19.2 Å². The molecule has 2 aliphatic carbocycles. The number of ketones is 2. The van der Waals surface area contributed by atoms with Crippen LogP contribution in [0.1, 0.15) is 45.4 Å². The molecule has 1 atom stereocenters. The molecule has 0 bridgehead atoms. The maximum atomic E-state index is 10.9. The summed E-state index contributed by atoms with van der Waals surface area (Å²) in [4.78, 5) is 41.4. The normalized spacial score (nSPS) is 20.1. The molecule has 5 nitrogen and oxygen atoms in total. The molecule has 0 aromatic carbocycles. The van der Waals surface area contributed by atoms with Gasteiger partial charge in [-0.2, -0.15) is 0 Å². The van der Waals surface area contributed by atoms with Crippen LogP contribution in [0, 0.1) is 5.92 Å². The predicted molar refractivity (Wildman–Crippen MR) is 87.5 cm³/mol. The zero-order chi connectivity index (χ0) is 17.7. The third kappa shape index (κ3) is 12.0. The van der Waals surface area contributed by atoms with Gasteiger partial charge in [0.2, 0.25) is 0 Å². The number of carbonyl (C=O) groups is 4. The van der Waals surface area contributed by atoms with Gasteiger partial charge < -0.3 is 4.74 Å². The molecule has 1 heterocycles. The van der Waals surface area contributed by atoms with Gasteiger partial charge >= 0.3 is 11.9 Å². The van der Waals surface area contributed by atoms with E-state index < -0.39 is 11.9 Å². The van der Waals surface area contributed by atoms with Gasteiger partial charge in [-0.1, -0.05) is 31.4 Å². The highest BCUT2D eigenvalue weighted by Gasteiger charge is 2.29. The average Bonchev–Trinajstić information content (AvgIpc) is 3.26. The number of cyclic esters (lactones) is 2. The number of rotatable bonds is 2. The summed E-state index contributed by atoms with van der Waals surface area (Å²) in [5, 5.41) is 0. The van der Waals surface area contributed by atoms with Crippen LogP contribution in [-0.4, -0.2) is 23.5 Å². The average molecular weight is 320 g/mol. The highest BCUT2D eigenvalue weighted by atomic mass is 16.6. The van der Waals surface area contributed by atoms with Gasteiger partial charge in [-0.25, -0.2) is 9.59 Å². The standard InChI is InChI=1S/C8H10O2.C4H2O3.2C3H6/c1-2-3-6-4-7(9)5-8(6)10;5-3-1-2-4(6)7-3;1-2-3-1;1-3-2/h2,6H,1,3-5H2;1-2H;1-3H2;3H,1H2,2H3. The first-order valence-electron chi connectivity index (χ1n) is 7.60. The third-order valence-corrected chi connectivity index (χ3v) is 2.66. The Morgan fingerprint density at radius 2 is 1.57 bits per heavy atom. The van der Waals surface area contributed by atoms with Crippen LogP contribution >= 0.6 is 0 Å². The summed E-state index contributed by atoms with van der Waals surface area (Å²) in [6, 6.07) is 0. The Kier molecular flexibility index (Phi) is 11.0. The molecule has 0 radical (unpaired) electrons. The van der Waals surface area contributed by atoms with E-state index in [1.807, 2.05) is 6.92 Å². The molecule has 0 saturated heterocycles. The molecule has 3 aliphatic rings. The van der Waals surface area contributed by atoms with E-state index in [1.165, 1.54) is 19.3 Å². The van der Waals surface area contributed by atoms with Gasteiger partial charge in [0.25, 0.3) is 0 Å². The van der Waals surface area contributed by atoms with E-state index in [0.717, 1.165) is 12.2 Å². The van der Waals surface area contributed by atoms with Crippen LogP contribution < -0.4 is 0 Å². The fourth-order valence-electron chi connectivity index (χ4n) is 1.52. The molecule has 0 aromatic heterocycles. The highest BCUT2D eigenvalue weighted by Crippen LogP contribution is 2.21. The Balaban J connectivity index is 0.000000320. The van der Waals surface area contributed by atoms with E-state index in [1.54, 1.807) is 12.2 Å². The van der Waals surface area contributed by atoms with Gasteiger partial charge in [0.15, 0.2) is 0 Å². The zero-order valence-corrected chi connectivity index (χ0v) is 13.6. The van der Waals surface area contributed by atoms with Crippen molar-refractivity contribution >= 4 is 23.5 Å². The minimum Gasteiger partial charge on any atom is -0.387 e. The molecule has 1 unspecified atom stereocenters. The lowest BCUT2D eigenvalue weighted by atomic mass is 10.0. The molecule has 126 valence electrons. The van der Waals surface area contributed by atoms with Crippen molar-refractivity contribution in [2.24, 2.45) is 5.92 Å². The van der Waals surface area contributed by atoms with Gasteiger partial charge in [0.1, 0.15) is 11.6 Å². The molecule has 0 amide bonds. The van der Waals surface area contributed by atoms with E-state index in [2.05, 4.69) is 17.9 Å². The number of ether oxygens (including phenoxy) is 1. The fraction of sp³-hybridized carbons (Fsp3) is 0.444. The van der Waals surface area contributed by atoms with Crippen LogP contribution in [0.3, 0.4) is 0 Å². The first kappa shape index (κ1) is 20.7. The Hall–Kier alpha value is -2.30. The minimum atomic E-state index is -0.579. The predicted octanol–water partition coefficient (Wildman–Crippen LogP) is 3.10. The lowest BCUT2D eigenvalue weighted by Gasteiger charge is -1.98. The lowest BCUT2D eigenvalue weighted by Crippen LogP contribution is -2.03. The molecule has 2 saturated carbocycles. The van der Waals surface area contributed by atoms with Gasteiger partial charge in [0, 0.05) is 24.5 Å². The first-order valence-corrected chi connectivity index (χ1v) is 7.60. The summed E-state index contributed by atoms with van der Waals surface area (Å²) in [7, 11) is 0. The molecule has 2 fully saturated rings. The molecule has 3 rings (SSSR count). The van der Waals surface area contributed by atoms with Gasteiger partial charge in [-0.05, 0) is 13.3 Å². The van der Waals surface area contributed by atoms with Crippen LogP contribution in [0.15, 0.2) is 37.5 Å². The Labute approximate surface area is 137 Å².